The van der Waals surface area contributed by atoms with E-state index in [0.29, 0.717) is 6.54 Å². The fourth-order valence-electron chi connectivity index (χ4n) is 3.49. The maximum atomic E-state index is 13.2. The van der Waals surface area contributed by atoms with Crippen LogP contribution in [-0.4, -0.2) is 28.3 Å². The molecule has 1 aromatic carbocycles. The van der Waals surface area contributed by atoms with Crippen LogP contribution in [0.3, 0.4) is 0 Å². The summed E-state index contributed by atoms with van der Waals surface area (Å²) in [4.78, 5) is 27.9. The highest BCUT2D eigenvalue weighted by molar-refractivity contribution is 6.00. The summed E-state index contributed by atoms with van der Waals surface area (Å²) in [5.41, 5.74) is 0.0383. The Labute approximate surface area is 138 Å². The first-order valence-electron chi connectivity index (χ1n) is 8.41. The number of carbonyl (C=O) groups is 2. The highest BCUT2D eigenvalue weighted by Crippen LogP contribution is 2.46. The minimum atomic E-state index is -0.728. The Kier molecular flexibility index (Phi) is 3.74. The zero-order valence-corrected chi connectivity index (χ0v) is 14.4. The lowest BCUT2D eigenvalue weighted by Crippen LogP contribution is -2.72. The molecule has 1 heterocycles. The van der Waals surface area contributed by atoms with Crippen molar-refractivity contribution in [1.29, 1.82) is 0 Å². The summed E-state index contributed by atoms with van der Waals surface area (Å²) in [7, 11) is 0. The predicted octanol–water partition coefficient (Wildman–Crippen LogP) is 2.73. The lowest BCUT2D eigenvalue weighted by atomic mass is 9.79. The molecule has 1 saturated carbocycles. The second-order valence-corrected chi connectivity index (χ2v) is 8.10. The number of amides is 2. The molecule has 4 nitrogen and oxygen atoms in total. The summed E-state index contributed by atoms with van der Waals surface area (Å²) in [5, 5.41) is 3.00. The Balaban J connectivity index is 1.97. The molecule has 124 valence electrons. The van der Waals surface area contributed by atoms with Gasteiger partial charge in [0.15, 0.2) is 0 Å². The molecule has 1 aliphatic carbocycles. The van der Waals surface area contributed by atoms with Crippen LogP contribution in [0.25, 0.3) is 0 Å². The van der Waals surface area contributed by atoms with Crippen molar-refractivity contribution in [1.82, 2.24) is 10.2 Å². The van der Waals surface area contributed by atoms with E-state index in [9.17, 15) is 9.59 Å². The number of hydrogen-bond donors (Lipinski definition) is 1. The van der Waals surface area contributed by atoms with Gasteiger partial charge in [0.05, 0.1) is 0 Å². The fourth-order valence-corrected chi connectivity index (χ4v) is 3.49. The van der Waals surface area contributed by atoms with Crippen molar-refractivity contribution >= 4 is 11.8 Å². The third kappa shape index (κ3) is 2.75. The maximum Gasteiger partial charge on any atom is 0.246 e. The standard InChI is InChI=1S/C19H26N2O2/c1-18(2,3)15-16(22)21(12-13-8-6-5-7-9-13)19(4,14-10-11-14)17(23)20-15/h5-9,14-15H,10-12H2,1-4H3,(H,20,23). The molecular formula is C19H26N2O2. The maximum absolute atomic E-state index is 13.2. The van der Waals surface area contributed by atoms with E-state index >= 15 is 0 Å². The first kappa shape index (κ1) is 16.0. The first-order chi connectivity index (χ1) is 10.7. The molecule has 1 N–H and O–H groups in total. The molecule has 1 aliphatic heterocycles. The first-order valence-corrected chi connectivity index (χ1v) is 8.41. The number of nitrogens with zero attached hydrogens (tertiary/aromatic N) is 1. The van der Waals surface area contributed by atoms with Gasteiger partial charge < -0.3 is 10.2 Å². The van der Waals surface area contributed by atoms with Crippen molar-refractivity contribution in [3.05, 3.63) is 35.9 Å². The van der Waals surface area contributed by atoms with Crippen LogP contribution in [-0.2, 0) is 16.1 Å². The number of nitrogens with one attached hydrogen (secondary N) is 1. The van der Waals surface area contributed by atoms with Gasteiger partial charge in [-0.25, -0.2) is 0 Å². The van der Waals surface area contributed by atoms with Crippen molar-refractivity contribution < 1.29 is 9.59 Å². The summed E-state index contributed by atoms with van der Waals surface area (Å²) in [6.45, 7) is 8.41. The molecule has 0 aromatic heterocycles. The van der Waals surface area contributed by atoms with E-state index in [2.05, 4.69) is 5.32 Å². The zero-order chi connectivity index (χ0) is 16.8. The molecule has 2 amide bonds. The molecule has 2 atom stereocenters. The molecule has 1 saturated heterocycles. The molecular weight excluding hydrogens is 288 g/mol. The van der Waals surface area contributed by atoms with E-state index in [0.717, 1.165) is 18.4 Å². The Morgan fingerprint density at radius 1 is 1.17 bits per heavy atom. The van der Waals surface area contributed by atoms with Gasteiger partial charge >= 0.3 is 0 Å². The van der Waals surface area contributed by atoms with Gasteiger partial charge in [0, 0.05) is 6.54 Å². The fraction of sp³-hybridized carbons (Fsp3) is 0.579. The SMILES string of the molecule is CC(C)(C)C1NC(=O)C(C)(C2CC2)N(Cc2ccccc2)C1=O. The van der Waals surface area contributed by atoms with E-state index in [-0.39, 0.29) is 23.1 Å². The van der Waals surface area contributed by atoms with E-state index < -0.39 is 11.6 Å². The van der Waals surface area contributed by atoms with Crippen LogP contribution in [0.4, 0.5) is 0 Å². The summed E-state index contributed by atoms with van der Waals surface area (Å²) >= 11 is 0. The van der Waals surface area contributed by atoms with Crippen LogP contribution >= 0.6 is 0 Å². The second kappa shape index (κ2) is 5.36. The lowest BCUT2D eigenvalue weighted by Gasteiger charge is -2.49. The summed E-state index contributed by atoms with van der Waals surface area (Å²) < 4.78 is 0. The summed E-state index contributed by atoms with van der Waals surface area (Å²) in [5.74, 6) is 0.307. The van der Waals surface area contributed by atoms with Crippen molar-refractivity contribution in [2.75, 3.05) is 0 Å². The van der Waals surface area contributed by atoms with Gasteiger partial charge in [-0.2, -0.15) is 0 Å². The van der Waals surface area contributed by atoms with Gasteiger partial charge in [0.2, 0.25) is 11.8 Å². The van der Waals surface area contributed by atoms with Crippen LogP contribution in [0.2, 0.25) is 0 Å². The summed E-state index contributed by atoms with van der Waals surface area (Å²) in [6, 6.07) is 9.47. The molecule has 2 fully saturated rings. The van der Waals surface area contributed by atoms with E-state index in [1.165, 1.54) is 0 Å². The molecule has 23 heavy (non-hydrogen) atoms. The van der Waals surface area contributed by atoms with Crippen LogP contribution in [0.5, 0.6) is 0 Å². The van der Waals surface area contributed by atoms with Crippen LogP contribution < -0.4 is 5.32 Å². The Hall–Kier alpha value is -1.84. The smallest absolute Gasteiger partial charge is 0.246 e. The Morgan fingerprint density at radius 2 is 1.78 bits per heavy atom. The topological polar surface area (TPSA) is 49.4 Å². The predicted molar refractivity (Wildman–Crippen MR) is 89.5 cm³/mol. The largest absolute Gasteiger partial charge is 0.342 e. The van der Waals surface area contributed by atoms with Gasteiger partial charge in [-0.3, -0.25) is 9.59 Å². The van der Waals surface area contributed by atoms with E-state index in [1.807, 2.05) is 62.9 Å². The molecule has 3 rings (SSSR count). The van der Waals surface area contributed by atoms with Crippen molar-refractivity contribution in [3.8, 4) is 0 Å². The average Bonchev–Trinajstić information content (AvgIpc) is 3.32. The number of rotatable bonds is 3. The molecule has 0 radical (unpaired) electrons. The molecule has 0 bridgehead atoms. The molecule has 0 spiro atoms. The zero-order valence-electron chi connectivity index (χ0n) is 14.4. The minimum absolute atomic E-state index is 0.00421. The van der Waals surface area contributed by atoms with Gasteiger partial charge in [-0.05, 0) is 36.7 Å². The van der Waals surface area contributed by atoms with Crippen LogP contribution in [0, 0.1) is 11.3 Å². The highest BCUT2D eigenvalue weighted by Gasteiger charge is 2.58. The number of benzene rings is 1. The normalized spacial score (nSPS) is 28.7. The molecule has 2 aliphatic rings. The molecule has 1 aromatic rings. The van der Waals surface area contributed by atoms with Crippen molar-refractivity contribution in [2.24, 2.45) is 11.3 Å². The molecule has 4 heteroatoms. The Bertz CT molecular complexity index is 616. The van der Waals surface area contributed by atoms with Crippen LogP contribution in [0.1, 0.15) is 46.1 Å². The quantitative estimate of drug-likeness (QED) is 0.932. The number of piperazine rings is 1. The van der Waals surface area contributed by atoms with Crippen molar-refractivity contribution in [3.63, 3.8) is 0 Å². The van der Waals surface area contributed by atoms with Crippen molar-refractivity contribution in [2.45, 2.75) is 58.7 Å². The minimum Gasteiger partial charge on any atom is -0.342 e. The van der Waals surface area contributed by atoms with Gasteiger partial charge in [-0.1, -0.05) is 51.1 Å². The average molecular weight is 314 g/mol. The van der Waals surface area contributed by atoms with Gasteiger partial charge in [0.1, 0.15) is 11.6 Å². The molecule has 2 unspecified atom stereocenters. The van der Waals surface area contributed by atoms with E-state index in [4.69, 9.17) is 0 Å². The van der Waals surface area contributed by atoms with Crippen LogP contribution in [0.15, 0.2) is 30.3 Å². The lowest BCUT2D eigenvalue weighted by molar-refractivity contribution is -0.162. The van der Waals surface area contributed by atoms with Gasteiger partial charge in [-0.15, -0.1) is 0 Å². The highest BCUT2D eigenvalue weighted by atomic mass is 16.2. The second-order valence-electron chi connectivity index (χ2n) is 8.10. The Morgan fingerprint density at radius 3 is 2.30 bits per heavy atom. The third-order valence-corrected chi connectivity index (χ3v) is 5.23. The summed E-state index contributed by atoms with van der Waals surface area (Å²) in [6.07, 6.45) is 2.03. The monoisotopic (exact) mass is 314 g/mol. The number of hydrogen-bond acceptors (Lipinski definition) is 2. The number of carbonyl (C=O) groups excluding carboxylic acids is 2. The van der Waals surface area contributed by atoms with Gasteiger partial charge in [0.25, 0.3) is 0 Å². The third-order valence-electron chi connectivity index (χ3n) is 5.23. The van der Waals surface area contributed by atoms with E-state index in [1.54, 1.807) is 0 Å².